The highest BCUT2D eigenvalue weighted by molar-refractivity contribution is 5.94. The monoisotopic (exact) mass is 366 g/mol. The molecule has 2 atom stereocenters. The first-order valence-electron chi connectivity index (χ1n) is 9.14. The largest absolute Gasteiger partial charge is 0.493 e. The second-order valence-electron chi connectivity index (χ2n) is 7.07. The normalized spacial score (nSPS) is 20.9. The van der Waals surface area contributed by atoms with Gasteiger partial charge in [-0.15, -0.1) is 0 Å². The molecule has 2 aromatic carbocycles. The molecule has 2 aliphatic heterocycles. The molecular formula is C21H22N2O4. The maximum atomic E-state index is 11.8. The summed E-state index contributed by atoms with van der Waals surface area (Å²) < 4.78 is 6.12. The molecule has 4 rings (SSSR count). The van der Waals surface area contributed by atoms with E-state index in [1.165, 1.54) is 4.90 Å². The Morgan fingerprint density at radius 2 is 1.93 bits per heavy atom. The predicted molar refractivity (Wildman–Crippen MR) is 101 cm³/mol. The van der Waals surface area contributed by atoms with Crippen molar-refractivity contribution in [3.05, 3.63) is 53.6 Å². The van der Waals surface area contributed by atoms with E-state index >= 15 is 0 Å². The van der Waals surface area contributed by atoms with Gasteiger partial charge in [-0.2, -0.15) is 0 Å². The van der Waals surface area contributed by atoms with Crippen molar-refractivity contribution < 1.29 is 19.4 Å². The van der Waals surface area contributed by atoms with Gasteiger partial charge in [0, 0.05) is 37.2 Å². The number of para-hydroxylation sites is 1. The Balaban J connectivity index is 1.71. The number of likely N-dealkylation sites (tertiary alicyclic amines) is 1. The van der Waals surface area contributed by atoms with Gasteiger partial charge in [0.1, 0.15) is 5.75 Å². The summed E-state index contributed by atoms with van der Waals surface area (Å²) in [5, 5.41) is 12.0. The lowest BCUT2D eigenvalue weighted by Crippen LogP contribution is -2.27. The third-order valence-electron chi connectivity index (χ3n) is 5.58. The summed E-state index contributed by atoms with van der Waals surface area (Å²) in [4.78, 5) is 24.7. The summed E-state index contributed by atoms with van der Waals surface area (Å²) in [6, 6.07) is 13.5. The zero-order valence-electron chi connectivity index (χ0n) is 15.1. The van der Waals surface area contributed by atoms with Crippen molar-refractivity contribution in [1.29, 1.82) is 0 Å². The number of hydrogen-bond acceptors (Lipinski definition) is 3. The first-order valence-corrected chi connectivity index (χ1v) is 9.14. The van der Waals surface area contributed by atoms with Gasteiger partial charge in [0.25, 0.3) is 5.91 Å². The molecule has 0 aromatic heterocycles. The number of fused-ring (bicyclic) bond motifs is 3. The van der Waals surface area contributed by atoms with E-state index in [1.54, 1.807) is 19.2 Å². The Bertz CT molecular complexity index is 878. The number of ether oxygens (including phenoxy) is 1. The molecule has 2 heterocycles. The Morgan fingerprint density at radius 3 is 2.63 bits per heavy atom. The molecule has 0 aliphatic carbocycles. The van der Waals surface area contributed by atoms with Crippen molar-refractivity contribution in [2.75, 3.05) is 26.7 Å². The number of carbonyl (C=O) groups is 2. The maximum Gasteiger partial charge on any atom is 0.407 e. The molecule has 0 radical (unpaired) electrons. The van der Waals surface area contributed by atoms with Crippen molar-refractivity contribution >= 4 is 12.0 Å². The first-order chi connectivity index (χ1) is 13.1. The number of benzene rings is 2. The minimum absolute atomic E-state index is 0.118. The summed E-state index contributed by atoms with van der Waals surface area (Å²) in [6.45, 7) is 1.65. The van der Waals surface area contributed by atoms with Crippen molar-refractivity contribution in [1.82, 2.24) is 10.2 Å². The quantitative estimate of drug-likeness (QED) is 0.856. The van der Waals surface area contributed by atoms with Crippen molar-refractivity contribution in [2.24, 2.45) is 5.92 Å². The van der Waals surface area contributed by atoms with Crippen LogP contribution in [0.25, 0.3) is 11.1 Å². The van der Waals surface area contributed by atoms with Crippen LogP contribution < -0.4 is 10.1 Å². The zero-order chi connectivity index (χ0) is 19.0. The highest BCUT2D eigenvalue weighted by atomic mass is 16.5. The van der Waals surface area contributed by atoms with Gasteiger partial charge in [-0.1, -0.05) is 30.3 Å². The minimum atomic E-state index is -0.855. The van der Waals surface area contributed by atoms with E-state index in [2.05, 4.69) is 5.32 Å². The number of nitrogens with one attached hydrogen (secondary N) is 1. The molecule has 0 saturated carbocycles. The summed E-state index contributed by atoms with van der Waals surface area (Å²) in [5.74, 6) is 1.16. The van der Waals surface area contributed by atoms with Crippen LogP contribution in [0.2, 0.25) is 0 Å². The van der Waals surface area contributed by atoms with E-state index in [1.807, 2.05) is 30.3 Å². The Morgan fingerprint density at radius 1 is 1.15 bits per heavy atom. The van der Waals surface area contributed by atoms with Gasteiger partial charge in [0.2, 0.25) is 0 Å². The van der Waals surface area contributed by atoms with E-state index in [0.29, 0.717) is 25.3 Å². The molecule has 2 amide bonds. The topological polar surface area (TPSA) is 78.9 Å². The number of hydrogen-bond donors (Lipinski definition) is 2. The van der Waals surface area contributed by atoms with E-state index < -0.39 is 6.09 Å². The van der Waals surface area contributed by atoms with Gasteiger partial charge in [-0.3, -0.25) is 4.79 Å². The fraction of sp³-hybridized carbons (Fsp3) is 0.333. The highest BCUT2D eigenvalue weighted by Crippen LogP contribution is 2.45. The number of amides is 2. The summed E-state index contributed by atoms with van der Waals surface area (Å²) >= 11 is 0. The summed E-state index contributed by atoms with van der Waals surface area (Å²) in [7, 11) is 1.61. The Labute approximate surface area is 157 Å². The summed E-state index contributed by atoms with van der Waals surface area (Å²) in [5.41, 5.74) is 3.64. The minimum Gasteiger partial charge on any atom is -0.493 e. The Kier molecular flexibility index (Phi) is 4.48. The predicted octanol–water partition coefficient (Wildman–Crippen LogP) is 3.19. The third-order valence-corrected chi connectivity index (χ3v) is 5.58. The van der Waals surface area contributed by atoms with Crippen LogP contribution in [-0.4, -0.2) is 48.8 Å². The molecule has 1 saturated heterocycles. The van der Waals surface area contributed by atoms with Gasteiger partial charge in [0.05, 0.1) is 6.61 Å². The average molecular weight is 366 g/mol. The van der Waals surface area contributed by atoms with Gasteiger partial charge >= 0.3 is 6.09 Å². The maximum absolute atomic E-state index is 11.8. The molecule has 27 heavy (non-hydrogen) atoms. The molecule has 0 bridgehead atoms. The highest BCUT2D eigenvalue weighted by Gasteiger charge is 2.39. The number of nitrogens with zero attached hydrogens (tertiary/aromatic N) is 1. The van der Waals surface area contributed by atoms with Crippen molar-refractivity contribution in [2.45, 2.75) is 12.3 Å². The van der Waals surface area contributed by atoms with Gasteiger partial charge in [-0.25, -0.2) is 4.79 Å². The smallest absolute Gasteiger partial charge is 0.407 e. The Hall–Kier alpha value is -3.02. The SMILES string of the molecule is CNC(=O)c1ccc(-c2cccc3c2OCCC2CN(C(=O)O)CC32)cc1. The lowest BCUT2D eigenvalue weighted by Gasteiger charge is -2.18. The van der Waals surface area contributed by atoms with E-state index in [9.17, 15) is 14.7 Å². The van der Waals surface area contributed by atoms with E-state index in [-0.39, 0.29) is 17.7 Å². The lowest BCUT2D eigenvalue weighted by molar-refractivity contribution is 0.0963. The van der Waals surface area contributed by atoms with Gasteiger partial charge < -0.3 is 20.1 Å². The second-order valence-corrected chi connectivity index (χ2v) is 7.07. The molecule has 0 spiro atoms. The van der Waals surface area contributed by atoms with E-state index in [0.717, 1.165) is 28.9 Å². The fourth-order valence-electron chi connectivity index (χ4n) is 4.17. The molecular weight excluding hydrogens is 344 g/mol. The van der Waals surface area contributed by atoms with Gasteiger partial charge in [0.15, 0.2) is 0 Å². The van der Waals surface area contributed by atoms with Crippen LogP contribution in [0.4, 0.5) is 4.79 Å². The number of carboxylic acid groups (broad SMARTS) is 1. The van der Waals surface area contributed by atoms with Crippen LogP contribution in [-0.2, 0) is 0 Å². The molecule has 2 N–H and O–H groups in total. The van der Waals surface area contributed by atoms with Crippen LogP contribution in [0.3, 0.4) is 0 Å². The molecule has 2 unspecified atom stereocenters. The second kappa shape index (κ2) is 6.95. The van der Waals surface area contributed by atoms with Crippen molar-refractivity contribution in [3.63, 3.8) is 0 Å². The van der Waals surface area contributed by atoms with Crippen LogP contribution in [0.1, 0.15) is 28.3 Å². The number of carbonyl (C=O) groups excluding carboxylic acids is 1. The summed E-state index contributed by atoms with van der Waals surface area (Å²) in [6.07, 6.45) is -0.00969. The van der Waals surface area contributed by atoms with Crippen LogP contribution in [0.15, 0.2) is 42.5 Å². The average Bonchev–Trinajstić information content (AvgIpc) is 3.04. The molecule has 2 aliphatic rings. The molecule has 6 nitrogen and oxygen atoms in total. The number of rotatable bonds is 2. The van der Waals surface area contributed by atoms with Crippen molar-refractivity contribution in [3.8, 4) is 16.9 Å². The molecule has 140 valence electrons. The molecule has 6 heteroatoms. The molecule has 1 fully saturated rings. The fourth-order valence-corrected chi connectivity index (χ4v) is 4.17. The standard InChI is InChI=1S/C21H22N2O4/c1-22-20(24)14-7-5-13(6-8-14)16-3-2-4-17-18-12-23(21(25)26)11-15(18)9-10-27-19(16)17/h2-8,15,18H,9-12H2,1H3,(H,22,24)(H,25,26). The lowest BCUT2D eigenvalue weighted by atomic mass is 9.86. The van der Waals surface area contributed by atoms with Crippen LogP contribution >= 0.6 is 0 Å². The van der Waals surface area contributed by atoms with Crippen LogP contribution in [0, 0.1) is 5.92 Å². The van der Waals surface area contributed by atoms with Crippen LogP contribution in [0.5, 0.6) is 5.75 Å². The first kappa shape index (κ1) is 17.4. The molecule has 2 aromatic rings. The zero-order valence-corrected chi connectivity index (χ0v) is 15.1. The van der Waals surface area contributed by atoms with E-state index in [4.69, 9.17) is 4.74 Å². The third kappa shape index (κ3) is 3.12. The van der Waals surface area contributed by atoms with Gasteiger partial charge in [-0.05, 0) is 35.6 Å².